The first-order chi connectivity index (χ1) is 6.99. The van der Waals surface area contributed by atoms with Gasteiger partial charge in [-0.05, 0) is 36.6 Å². The maximum Gasteiger partial charge on any atom is 0.297 e. The van der Waals surface area contributed by atoms with Gasteiger partial charge in [0.2, 0.25) is 0 Å². The lowest BCUT2D eigenvalue weighted by atomic mass is 10.4. The van der Waals surface area contributed by atoms with E-state index in [0.29, 0.717) is 5.92 Å². The summed E-state index contributed by atoms with van der Waals surface area (Å²) in [7, 11) is -3.57. The monoisotopic (exact) mass is 290 g/mol. The molecule has 0 bridgehead atoms. The van der Waals surface area contributed by atoms with Crippen molar-refractivity contribution in [3.63, 3.8) is 0 Å². The highest BCUT2D eigenvalue weighted by molar-refractivity contribution is 9.10. The molecule has 1 aliphatic carbocycles. The summed E-state index contributed by atoms with van der Waals surface area (Å²) >= 11 is 3.25. The van der Waals surface area contributed by atoms with Gasteiger partial charge in [0.25, 0.3) is 10.1 Å². The van der Waals surface area contributed by atoms with Crippen molar-refractivity contribution in [1.29, 1.82) is 0 Å². The molecule has 0 radical (unpaired) electrons. The second-order valence-corrected chi connectivity index (χ2v) is 6.24. The fourth-order valence-corrected chi connectivity index (χ4v) is 2.68. The molecule has 2 atom stereocenters. The molecule has 0 spiro atoms. The SMILES string of the molecule is C[C@@H]1C[C@H]1OS(=O)(=O)c1ccc(Br)cc1. The summed E-state index contributed by atoms with van der Waals surface area (Å²) in [5, 5.41) is 0. The van der Waals surface area contributed by atoms with Gasteiger partial charge in [-0.15, -0.1) is 0 Å². The van der Waals surface area contributed by atoms with Crippen molar-refractivity contribution in [3.8, 4) is 0 Å². The summed E-state index contributed by atoms with van der Waals surface area (Å²) < 4.78 is 29.3. The van der Waals surface area contributed by atoms with Gasteiger partial charge >= 0.3 is 0 Å². The van der Waals surface area contributed by atoms with E-state index in [-0.39, 0.29) is 11.0 Å². The summed E-state index contributed by atoms with van der Waals surface area (Å²) in [4.78, 5) is 0.213. The average molecular weight is 291 g/mol. The molecule has 0 unspecified atom stereocenters. The summed E-state index contributed by atoms with van der Waals surface area (Å²) in [6, 6.07) is 6.44. The highest BCUT2D eigenvalue weighted by atomic mass is 79.9. The Hall–Kier alpha value is -0.390. The van der Waals surface area contributed by atoms with Crippen molar-refractivity contribution in [3.05, 3.63) is 28.7 Å². The third kappa shape index (κ3) is 2.59. The third-order valence-corrected chi connectivity index (χ3v) is 4.27. The molecule has 1 saturated carbocycles. The summed E-state index contributed by atoms with van der Waals surface area (Å²) in [5.41, 5.74) is 0. The molecule has 1 aliphatic rings. The van der Waals surface area contributed by atoms with Crippen LogP contribution >= 0.6 is 15.9 Å². The van der Waals surface area contributed by atoms with Crippen molar-refractivity contribution in [2.24, 2.45) is 5.92 Å². The lowest BCUT2D eigenvalue weighted by molar-refractivity contribution is 0.291. The van der Waals surface area contributed by atoms with Crippen molar-refractivity contribution in [2.45, 2.75) is 24.3 Å². The molecule has 0 saturated heterocycles. The highest BCUT2D eigenvalue weighted by Crippen LogP contribution is 2.35. The van der Waals surface area contributed by atoms with Gasteiger partial charge in [0.05, 0.1) is 11.0 Å². The van der Waals surface area contributed by atoms with E-state index in [1.165, 1.54) is 12.1 Å². The van der Waals surface area contributed by atoms with E-state index in [0.717, 1.165) is 10.9 Å². The summed E-state index contributed by atoms with van der Waals surface area (Å²) in [5.74, 6) is 0.357. The number of hydrogen-bond donors (Lipinski definition) is 0. The van der Waals surface area contributed by atoms with Crippen LogP contribution in [0.25, 0.3) is 0 Å². The Bertz CT molecular complexity index is 452. The van der Waals surface area contributed by atoms with Gasteiger partial charge in [-0.25, -0.2) is 0 Å². The zero-order chi connectivity index (χ0) is 11.1. The van der Waals surface area contributed by atoms with Crippen LogP contribution < -0.4 is 0 Å². The van der Waals surface area contributed by atoms with Crippen LogP contribution in [0.5, 0.6) is 0 Å². The number of halogens is 1. The minimum absolute atomic E-state index is 0.126. The van der Waals surface area contributed by atoms with Crippen LogP contribution in [0.15, 0.2) is 33.6 Å². The smallest absolute Gasteiger partial charge is 0.263 e. The molecule has 0 N–H and O–H groups in total. The number of hydrogen-bond acceptors (Lipinski definition) is 3. The second-order valence-electron chi connectivity index (χ2n) is 3.76. The lowest BCUT2D eigenvalue weighted by Gasteiger charge is -2.04. The van der Waals surface area contributed by atoms with Crippen LogP contribution in [0.4, 0.5) is 0 Å². The van der Waals surface area contributed by atoms with Crippen LogP contribution in [0.1, 0.15) is 13.3 Å². The molecule has 1 fully saturated rings. The van der Waals surface area contributed by atoms with Crippen molar-refractivity contribution in [2.75, 3.05) is 0 Å². The predicted molar refractivity (Wildman–Crippen MR) is 60.0 cm³/mol. The number of benzene rings is 1. The van der Waals surface area contributed by atoms with Gasteiger partial charge in [-0.3, -0.25) is 4.18 Å². The molecule has 0 amide bonds. The van der Waals surface area contributed by atoms with Gasteiger partial charge in [-0.1, -0.05) is 22.9 Å². The van der Waals surface area contributed by atoms with Gasteiger partial charge in [0.15, 0.2) is 0 Å². The summed E-state index contributed by atoms with van der Waals surface area (Å²) in [6.45, 7) is 1.97. The second kappa shape index (κ2) is 3.88. The van der Waals surface area contributed by atoms with E-state index in [1.807, 2.05) is 6.92 Å². The lowest BCUT2D eigenvalue weighted by Crippen LogP contribution is -2.08. The maximum absolute atomic E-state index is 11.7. The zero-order valence-corrected chi connectivity index (χ0v) is 10.6. The van der Waals surface area contributed by atoms with E-state index in [4.69, 9.17) is 4.18 Å². The molecular weight excluding hydrogens is 280 g/mol. The largest absolute Gasteiger partial charge is 0.297 e. The Morgan fingerprint density at radius 3 is 2.33 bits per heavy atom. The summed E-state index contributed by atoms with van der Waals surface area (Å²) in [6.07, 6.45) is 0.703. The molecule has 0 heterocycles. The van der Waals surface area contributed by atoms with Crippen LogP contribution in [0.3, 0.4) is 0 Å². The average Bonchev–Trinajstić information content (AvgIpc) is 2.81. The molecule has 3 nitrogen and oxygen atoms in total. The standard InChI is InChI=1S/C10H11BrO3S/c1-7-6-10(7)14-15(12,13)9-4-2-8(11)3-5-9/h2-5,7,10H,6H2,1H3/t7-,10-/m1/s1. The van der Waals surface area contributed by atoms with Gasteiger partial charge in [-0.2, -0.15) is 8.42 Å². The predicted octanol–water partition coefficient (Wildman–Crippen LogP) is 2.56. The highest BCUT2D eigenvalue weighted by Gasteiger charge is 2.38. The Labute approximate surface area is 97.7 Å². The molecular formula is C10H11BrO3S. The van der Waals surface area contributed by atoms with Crippen molar-refractivity contribution < 1.29 is 12.6 Å². The molecule has 1 aromatic carbocycles. The molecule has 0 aliphatic heterocycles. The molecule has 2 rings (SSSR count). The molecule has 5 heteroatoms. The fraction of sp³-hybridized carbons (Fsp3) is 0.400. The zero-order valence-electron chi connectivity index (χ0n) is 8.18. The molecule has 1 aromatic rings. The van der Waals surface area contributed by atoms with Crippen LogP contribution in [0.2, 0.25) is 0 Å². The van der Waals surface area contributed by atoms with E-state index in [1.54, 1.807) is 12.1 Å². The Kier molecular flexibility index (Phi) is 2.87. The van der Waals surface area contributed by atoms with Crippen LogP contribution in [-0.4, -0.2) is 14.5 Å². The first kappa shape index (κ1) is 11.1. The Morgan fingerprint density at radius 1 is 1.33 bits per heavy atom. The van der Waals surface area contributed by atoms with Crippen molar-refractivity contribution >= 4 is 26.0 Å². The maximum atomic E-state index is 11.7. The van der Waals surface area contributed by atoms with Crippen LogP contribution in [0, 0.1) is 5.92 Å². The van der Waals surface area contributed by atoms with E-state index in [2.05, 4.69) is 15.9 Å². The molecule has 0 aromatic heterocycles. The minimum Gasteiger partial charge on any atom is -0.263 e. The van der Waals surface area contributed by atoms with Crippen molar-refractivity contribution in [1.82, 2.24) is 0 Å². The first-order valence-corrected chi connectivity index (χ1v) is 6.88. The van der Waals surface area contributed by atoms with E-state index in [9.17, 15) is 8.42 Å². The first-order valence-electron chi connectivity index (χ1n) is 4.68. The van der Waals surface area contributed by atoms with E-state index < -0.39 is 10.1 Å². The molecule has 82 valence electrons. The Morgan fingerprint density at radius 2 is 1.87 bits per heavy atom. The fourth-order valence-electron chi connectivity index (χ4n) is 1.24. The Balaban J connectivity index is 2.18. The third-order valence-electron chi connectivity index (χ3n) is 2.39. The topological polar surface area (TPSA) is 43.4 Å². The minimum atomic E-state index is -3.57. The quantitative estimate of drug-likeness (QED) is 0.804. The van der Waals surface area contributed by atoms with Crippen LogP contribution in [-0.2, 0) is 14.3 Å². The van der Waals surface area contributed by atoms with Gasteiger partial charge in [0.1, 0.15) is 0 Å². The van der Waals surface area contributed by atoms with Gasteiger partial charge in [0, 0.05) is 4.47 Å². The van der Waals surface area contributed by atoms with E-state index >= 15 is 0 Å². The normalized spacial score (nSPS) is 25.2. The van der Waals surface area contributed by atoms with Gasteiger partial charge < -0.3 is 0 Å². The number of rotatable bonds is 3. The molecule has 15 heavy (non-hydrogen) atoms.